The Labute approximate surface area is 102 Å². The van der Waals surface area contributed by atoms with Gasteiger partial charge in [0, 0.05) is 24.7 Å². The number of aromatic nitrogens is 4. The Bertz CT molecular complexity index is 649. The molecule has 0 aliphatic rings. The lowest BCUT2D eigenvalue weighted by Crippen LogP contribution is -1.99. The Hall–Kier alpha value is -2.14. The first-order valence-electron chi connectivity index (χ1n) is 5.01. The zero-order chi connectivity index (χ0) is 11.7. The molecule has 0 spiro atoms. The number of hydrogen-bond donors (Lipinski definition) is 1. The Morgan fingerprint density at radius 3 is 2.94 bits per heavy atom. The van der Waals surface area contributed by atoms with Crippen molar-refractivity contribution in [3.05, 3.63) is 48.0 Å². The Kier molecular flexibility index (Phi) is 2.38. The molecule has 0 fully saturated rings. The highest BCUT2D eigenvalue weighted by molar-refractivity contribution is 6.29. The van der Waals surface area contributed by atoms with Crippen LogP contribution < -0.4 is 5.32 Å². The van der Waals surface area contributed by atoms with Gasteiger partial charge in [-0.2, -0.15) is 5.10 Å². The molecule has 0 bridgehead atoms. The summed E-state index contributed by atoms with van der Waals surface area (Å²) in [4.78, 5) is 8.39. The van der Waals surface area contributed by atoms with E-state index >= 15 is 0 Å². The summed E-state index contributed by atoms with van der Waals surface area (Å²) < 4.78 is 1.62. The van der Waals surface area contributed by atoms with E-state index in [2.05, 4.69) is 20.4 Å². The molecule has 0 atom stereocenters. The fourth-order valence-corrected chi connectivity index (χ4v) is 1.74. The van der Waals surface area contributed by atoms with Crippen LogP contribution >= 0.6 is 11.6 Å². The Balaban J connectivity index is 2.08. The second-order valence-electron chi connectivity index (χ2n) is 3.42. The number of hydrogen-bond acceptors (Lipinski definition) is 4. The van der Waals surface area contributed by atoms with Crippen molar-refractivity contribution in [2.75, 3.05) is 5.32 Å². The molecule has 3 aromatic rings. The van der Waals surface area contributed by atoms with Crippen LogP contribution in [0.3, 0.4) is 0 Å². The van der Waals surface area contributed by atoms with Crippen LogP contribution in [0.25, 0.3) is 5.65 Å². The number of pyridine rings is 1. The lowest BCUT2D eigenvalue weighted by molar-refractivity contribution is 0.937. The fraction of sp³-hybridized carbons (Fsp3) is 0. The van der Waals surface area contributed by atoms with Gasteiger partial charge >= 0.3 is 0 Å². The van der Waals surface area contributed by atoms with Crippen LogP contribution in [0, 0.1) is 0 Å². The van der Waals surface area contributed by atoms with Crippen LogP contribution in [0.15, 0.2) is 42.9 Å². The molecule has 3 heterocycles. The van der Waals surface area contributed by atoms with E-state index in [9.17, 15) is 0 Å². The molecule has 5 nitrogen and oxygen atoms in total. The second-order valence-corrected chi connectivity index (χ2v) is 3.80. The van der Waals surface area contributed by atoms with Gasteiger partial charge in [0.15, 0.2) is 10.8 Å². The van der Waals surface area contributed by atoms with Crippen molar-refractivity contribution >= 4 is 28.8 Å². The summed E-state index contributed by atoms with van der Waals surface area (Å²) in [5.74, 6) is 0.736. The summed E-state index contributed by atoms with van der Waals surface area (Å²) in [6.45, 7) is 0. The number of anilines is 2. The number of imidazole rings is 1. The summed E-state index contributed by atoms with van der Waals surface area (Å²) >= 11 is 5.93. The average molecular weight is 246 g/mol. The van der Waals surface area contributed by atoms with Crippen molar-refractivity contribution in [3.8, 4) is 0 Å². The molecule has 0 unspecified atom stereocenters. The summed E-state index contributed by atoms with van der Waals surface area (Å²) in [5.41, 5.74) is 1.48. The van der Waals surface area contributed by atoms with Gasteiger partial charge in [-0.25, -0.2) is 14.5 Å². The average Bonchev–Trinajstić information content (AvgIpc) is 2.78. The summed E-state index contributed by atoms with van der Waals surface area (Å²) in [7, 11) is 0. The predicted octanol–water partition coefficient (Wildman–Crippen LogP) is 2.52. The lowest BCUT2D eigenvalue weighted by Gasteiger charge is -2.06. The molecule has 84 valence electrons. The molecule has 6 heteroatoms. The maximum atomic E-state index is 5.93. The normalized spacial score (nSPS) is 10.6. The van der Waals surface area contributed by atoms with E-state index in [4.69, 9.17) is 11.6 Å². The van der Waals surface area contributed by atoms with Gasteiger partial charge in [-0.15, -0.1) is 0 Å². The number of nitrogens with zero attached hydrogens (tertiary/aromatic N) is 4. The maximum Gasteiger partial charge on any atom is 0.177 e. The van der Waals surface area contributed by atoms with Crippen molar-refractivity contribution in [2.24, 2.45) is 0 Å². The minimum atomic E-state index is 0.397. The first kappa shape index (κ1) is 10.0. The first-order chi connectivity index (χ1) is 8.33. The number of rotatable bonds is 2. The van der Waals surface area contributed by atoms with Gasteiger partial charge in [-0.05, 0) is 12.1 Å². The third kappa shape index (κ3) is 1.92. The molecule has 0 aliphatic heterocycles. The van der Waals surface area contributed by atoms with Crippen LogP contribution in [-0.2, 0) is 0 Å². The zero-order valence-corrected chi connectivity index (χ0v) is 9.46. The van der Waals surface area contributed by atoms with Gasteiger partial charge in [-0.1, -0.05) is 17.7 Å². The molecule has 0 amide bonds. The van der Waals surface area contributed by atoms with Crippen LogP contribution in [0.4, 0.5) is 11.5 Å². The SMILES string of the molecule is Clc1cc(Nc2ccccn2)c2nccn2n1. The van der Waals surface area contributed by atoms with E-state index in [0.717, 1.165) is 11.5 Å². The van der Waals surface area contributed by atoms with Crippen LogP contribution in [0.2, 0.25) is 5.15 Å². The first-order valence-corrected chi connectivity index (χ1v) is 5.39. The predicted molar refractivity (Wildman–Crippen MR) is 65.5 cm³/mol. The Morgan fingerprint density at radius 2 is 2.12 bits per heavy atom. The molecular formula is C11H8ClN5. The monoisotopic (exact) mass is 245 g/mol. The maximum absolute atomic E-state index is 5.93. The van der Waals surface area contributed by atoms with Crippen molar-refractivity contribution in [1.29, 1.82) is 0 Å². The van der Waals surface area contributed by atoms with E-state index in [0.29, 0.717) is 10.8 Å². The molecule has 3 aromatic heterocycles. The molecule has 0 saturated carbocycles. The minimum Gasteiger partial charge on any atom is -0.337 e. The van der Waals surface area contributed by atoms with E-state index in [1.807, 2.05) is 18.2 Å². The molecule has 1 N–H and O–H groups in total. The quantitative estimate of drug-likeness (QED) is 0.754. The molecule has 0 aliphatic carbocycles. The van der Waals surface area contributed by atoms with Gasteiger partial charge in [0.2, 0.25) is 0 Å². The second kappa shape index (κ2) is 4.03. The number of halogens is 1. The zero-order valence-electron chi connectivity index (χ0n) is 8.71. The fourth-order valence-electron chi connectivity index (χ4n) is 1.55. The topological polar surface area (TPSA) is 55.1 Å². The lowest BCUT2D eigenvalue weighted by atomic mass is 10.4. The third-order valence-corrected chi connectivity index (χ3v) is 2.44. The van der Waals surface area contributed by atoms with Crippen molar-refractivity contribution in [3.63, 3.8) is 0 Å². The van der Waals surface area contributed by atoms with E-state index in [1.165, 1.54) is 0 Å². The van der Waals surface area contributed by atoms with Crippen LogP contribution in [-0.4, -0.2) is 19.6 Å². The van der Waals surface area contributed by atoms with E-state index < -0.39 is 0 Å². The smallest absolute Gasteiger partial charge is 0.177 e. The largest absolute Gasteiger partial charge is 0.337 e. The summed E-state index contributed by atoms with van der Waals surface area (Å²) in [5, 5.41) is 7.65. The van der Waals surface area contributed by atoms with Crippen LogP contribution in [0.5, 0.6) is 0 Å². The molecule has 17 heavy (non-hydrogen) atoms. The van der Waals surface area contributed by atoms with Gasteiger partial charge in [0.05, 0.1) is 5.69 Å². The third-order valence-electron chi connectivity index (χ3n) is 2.26. The van der Waals surface area contributed by atoms with Crippen molar-refractivity contribution < 1.29 is 0 Å². The van der Waals surface area contributed by atoms with E-state index in [-0.39, 0.29) is 0 Å². The van der Waals surface area contributed by atoms with Crippen LogP contribution in [0.1, 0.15) is 0 Å². The highest BCUT2D eigenvalue weighted by Gasteiger charge is 2.06. The van der Waals surface area contributed by atoms with Gasteiger partial charge in [0.25, 0.3) is 0 Å². The highest BCUT2D eigenvalue weighted by atomic mass is 35.5. The number of fused-ring (bicyclic) bond motifs is 1. The molecule has 0 saturated heterocycles. The summed E-state index contributed by atoms with van der Waals surface area (Å²) in [6, 6.07) is 7.35. The molecule has 0 radical (unpaired) electrons. The van der Waals surface area contributed by atoms with Gasteiger partial charge < -0.3 is 5.32 Å². The Morgan fingerprint density at radius 1 is 1.18 bits per heavy atom. The van der Waals surface area contributed by atoms with Gasteiger partial charge in [0.1, 0.15) is 5.82 Å². The van der Waals surface area contributed by atoms with Crippen molar-refractivity contribution in [2.45, 2.75) is 0 Å². The highest BCUT2D eigenvalue weighted by Crippen LogP contribution is 2.21. The van der Waals surface area contributed by atoms with Crippen molar-refractivity contribution in [1.82, 2.24) is 19.6 Å². The standard InChI is InChI=1S/C11H8ClN5/c12-9-7-8(11-14-5-6-17(11)16-9)15-10-3-1-2-4-13-10/h1-7H,(H,13,15). The van der Waals surface area contributed by atoms with Gasteiger partial charge in [-0.3, -0.25) is 0 Å². The summed E-state index contributed by atoms with van der Waals surface area (Å²) in [6.07, 6.45) is 5.13. The molecule has 0 aromatic carbocycles. The number of nitrogens with one attached hydrogen (secondary N) is 1. The van der Waals surface area contributed by atoms with E-state index in [1.54, 1.807) is 29.2 Å². The minimum absolute atomic E-state index is 0.397. The molecule has 3 rings (SSSR count). The molecular weight excluding hydrogens is 238 g/mol.